The predicted molar refractivity (Wildman–Crippen MR) is 211 cm³/mol. The summed E-state index contributed by atoms with van der Waals surface area (Å²) in [7, 11) is 0. The molecular weight excluding hydrogens is 613 g/mol. The van der Waals surface area contributed by atoms with Crippen LogP contribution >= 0.6 is 11.3 Å². The van der Waals surface area contributed by atoms with Crippen LogP contribution in [0.2, 0.25) is 0 Å². The summed E-state index contributed by atoms with van der Waals surface area (Å²) in [6.07, 6.45) is 0. The Balaban J connectivity index is 1.16. The second-order valence-corrected chi connectivity index (χ2v) is 14.0. The van der Waals surface area contributed by atoms with Crippen molar-refractivity contribution in [2.45, 2.75) is 0 Å². The van der Waals surface area contributed by atoms with Crippen molar-refractivity contribution >= 4 is 85.9 Å². The monoisotopic (exact) mass is 640 g/mol. The fourth-order valence-corrected chi connectivity index (χ4v) is 9.22. The number of thiophene rings is 1. The van der Waals surface area contributed by atoms with Crippen LogP contribution < -0.4 is 0 Å². The molecule has 0 N–H and O–H groups in total. The van der Waals surface area contributed by atoms with Crippen LogP contribution in [-0.4, -0.2) is 9.13 Å². The Hall–Kier alpha value is -6.16. The molecule has 11 rings (SSSR count). The zero-order valence-corrected chi connectivity index (χ0v) is 27.3. The number of hydrogen-bond acceptors (Lipinski definition) is 1. The van der Waals surface area contributed by atoms with Crippen molar-refractivity contribution in [3.63, 3.8) is 0 Å². The molecule has 0 saturated heterocycles. The van der Waals surface area contributed by atoms with E-state index < -0.39 is 0 Å². The van der Waals surface area contributed by atoms with Crippen LogP contribution in [0.1, 0.15) is 0 Å². The Morgan fingerprint density at radius 1 is 0.347 bits per heavy atom. The van der Waals surface area contributed by atoms with Gasteiger partial charge in [0.1, 0.15) is 0 Å². The van der Waals surface area contributed by atoms with Crippen LogP contribution in [0.3, 0.4) is 0 Å². The first kappa shape index (κ1) is 26.9. The first-order valence-electron chi connectivity index (χ1n) is 16.8. The van der Waals surface area contributed by atoms with Crippen LogP contribution in [0.4, 0.5) is 0 Å². The number of aromatic nitrogens is 2. The molecule has 0 amide bonds. The Morgan fingerprint density at radius 2 is 0.939 bits per heavy atom. The fraction of sp³-hybridized carbons (Fsp3) is 0. The van der Waals surface area contributed by atoms with Gasteiger partial charge in [0.15, 0.2) is 0 Å². The van der Waals surface area contributed by atoms with Gasteiger partial charge in [-0.1, -0.05) is 97.1 Å². The lowest BCUT2D eigenvalue weighted by Crippen LogP contribution is -1.94. The van der Waals surface area contributed by atoms with Gasteiger partial charge in [0.05, 0.1) is 27.8 Å². The van der Waals surface area contributed by atoms with Gasteiger partial charge >= 0.3 is 0 Å². The molecule has 8 aromatic carbocycles. The number of nitrogens with zero attached hydrogens (tertiary/aromatic N) is 2. The summed E-state index contributed by atoms with van der Waals surface area (Å²) in [4.78, 5) is 0. The van der Waals surface area contributed by atoms with Gasteiger partial charge in [0.2, 0.25) is 0 Å². The maximum atomic E-state index is 2.47. The first-order chi connectivity index (χ1) is 24.3. The molecule has 11 aromatic rings. The van der Waals surface area contributed by atoms with Crippen LogP contribution in [0.5, 0.6) is 0 Å². The number of benzene rings is 8. The van der Waals surface area contributed by atoms with E-state index in [0.29, 0.717) is 0 Å². The Morgan fingerprint density at radius 3 is 1.76 bits per heavy atom. The SMILES string of the molecule is c1ccc(-n2c3ccc(-c4ccc5c(c4)c4ccccc4n5-c4cccc5sc6ccccc6c45)cc3c3cc4ccccc4cc32)cc1. The van der Waals surface area contributed by atoms with Gasteiger partial charge in [-0.2, -0.15) is 0 Å². The van der Waals surface area contributed by atoms with Gasteiger partial charge in [-0.3, -0.25) is 0 Å². The van der Waals surface area contributed by atoms with Crippen molar-refractivity contribution in [3.05, 3.63) is 170 Å². The average Bonchev–Trinajstić information content (AvgIpc) is 3.81. The molecule has 0 aliphatic carbocycles. The third kappa shape index (κ3) is 3.88. The Bertz CT molecular complexity index is 3100. The van der Waals surface area contributed by atoms with Crippen molar-refractivity contribution < 1.29 is 0 Å². The quantitative estimate of drug-likeness (QED) is 0.182. The minimum absolute atomic E-state index is 1.17. The second-order valence-electron chi connectivity index (χ2n) is 13.0. The molecule has 0 bridgehead atoms. The smallest absolute Gasteiger partial charge is 0.0555 e. The number of hydrogen-bond donors (Lipinski definition) is 0. The molecule has 49 heavy (non-hydrogen) atoms. The molecule has 0 unspecified atom stereocenters. The van der Waals surface area contributed by atoms with Gasteiger partial charge < -0.3 is 9.13 Å². The number of rotatable bonds is 3. The molecule has 3 heteroatoms. The van der Waals surface area contributed by atoms with Crippen LogP contribution in [-0.2, 0) is 0 Å². The van der Waals surface area contributed by atoms with E-state index in [0.717, 1.165) is 0 Å². The highest BCUT2D eigenvalue weighted by molar-refractivity contribution is 7.25. The van der Waals surface area contributed by atoms with E-state index in [2.05, 4.69) is 179 Å². The Labute approximate surface area is 286 Å². The molecule has 0 aliphatic heterocycles. The number of para-hydroxylation sites is 2. The van der Waals surface area contributed by atoms with Crippen molar-refractivity contribution in [1.82, 2.24) is 9.13 Å². The molecule has 228 valence electrons. The summed E-state index contributed by atoms with van der Waals surface area (Å²) < 4.78 is 7.52. The minimum Gasteiger partial charge on any atom is -0.309 e. The lowest BCUT2D eigenvalue weighted by Gasteiger charge is -2.11. The highest BCUT2D eigenvalue weighted by atomic mass is 32.1. The summed E-state index contributed by atoms with van der Waals surface area (Å²) in [5, 5.41) is 10.2. The average molecular weight is 641 g/mol. The lowest BCUT2D eigenvalue weighted by atomic mass is 10.00. The highest BCUT2D eigenvalue weighted by Crippen LogP contribution is 2.42. The van der Waals surface area contributed by atoms with E-state index >= 15 is 0 Å². The van der Waals surface area contributed by atoms with Crippen LogP contribution in [0.25, 0.3) is 97.1 Å². The third-order valence-electron chi connectivity index (χ3n) is 10.3. The number of fused-ring (bicyclic) bond motifs is 10. The van der Waals surface area contributed by atoms with Gasteiger partial charge in [0, 0.05) is 47.4 Å². The normalized spacial score (nSPS) is 12.1. The second kappa shape index (κ2) is 10.2. The van der Waals surface area contributed by atoms with Gasteiger partial charge in [-0.05, 0) is 94.7 Å². The molecule has 2 nitrogen and oxygen atoms in total. The first-order valence-corrected chi connectivity index (χ1v) is 17.6. The lowest BCUT2D eigenvalue weighted by molar-refractivity contribution is 1.18. The van der Waals surface area contributed by atoms with E-state index in [9.17, 15) is 0 Å². The molecule has 3 heterocycles. The summed E-state index contributed by atoms with van der Waals surface area (Å²) >= 11 is 1.87. The van der Waals surface area contributed by atoms with Crippen molar-refractivity contribution in [3.8, 4) is 22.5 Å². The van der Waals surface area contributed by atoms with E-state index in [4.69, 9.17) is 0 Å². The topological polar surface area (TPSA) is 9.86 Å². The molecule has 0 atom stereocenters. The zero-order valence-electron chi connectivity index (χ0n) is 26.5. The molecule has 3 aromatic heterocycles. The van der Waals surface area contributed by atoms with Crippen LogP contribution in [0.15, 0.2) is 170 Å². The minimum atomic E-state index is 1.17. The summed E-state index contributed by atoms with van der Waals surface area (Å²) in [5.74, 6) is 0. The van der Waals surface area contributed by atoms with Crippen molar-refractivity contribution in [2.75, 3.05) is 0 Å². The van der Waals surface area contributed by atoms with Gasteiger partial charge in [-0.15, -0.1) is 11.3 Å². The third-order valence-corrected chi connectivity index (χ3v) is 11.4. The van der Waals surface area contributed by atoms with Crippen molar-refractivity contribution in [2.24, 2.45) is 0 Å². The predicted octanol–water partition coefficient (Wildman–Crippen LogP) is 13.1. The summed E-state index contributed by atoms with van der Waals surface area (Å²) in [6.45, 7) is 0. The van der Waals surface area contributed by atoms with E-state index in [1.807, 2.05) is 11.3 Å². The highest BCUT2D eigenvalue weighted by Gasteiger charge is 2.18. The zero-order chi connectivity index (χ0) is 32.1. The fourth-order valence-electron chi connectivity index (χ4n) is 8.09. The maximum Gasteiger partial charge on any atom is 0.0555 e. The summed E-state index contributed by atoms with van der Waals surface area (Å²) in [6, 6.07) is 62.5. The molecule has 0 aliphatic rings. The molecule has 0 spiro atoms. The standard InChI is InChI=1S/C46H28N2S/c1-2-13-33(14-3-1)47-40-23-21-32(27-37(40)38-25-29-11-4-5-12-30(29)28-43(38)47)31-22-24-41-36(26-31)34-15-6-8-17-39(34)48(41)42-18-10-20-45-46(42)35-16-7-9-19-44(35)49-45/h1-28H. The summed E-state index contributed by atoms with van der Waals surface area (Å²) in [5.41, 5.74) is 9.74. The Kier molecular flexibility index (Phi) is 5.57. The molecule has 0 saturated carbocycles. The maximum absolute atomic E-state index is 2.47. The van der Waals surface area contributed by atoms with Gasteiger partial charge in [0.25, 0.3) is 0 Å². The van der Waals surface area contributed by atoms with Gasteiger partial charge in [-0.25, -0.2) is 0 Å². The van der Waals surface area contributed by atoms with Crippen molar-refractivity contribution in [1.29, 1.82) is 0 Å². The largest absolute Gasteiger partial charge is 0.309 e. The van der Waals surface area contributed by atoms with Crippen LogP contribution in [0, 0.1) is 0 Å². The van der Waals surface area contributed by atoms with E-state index in [1.165, 1.54) is 97.1 Å². The van der Waals surface area contributed by atoms with E-state index in [1.54, 1.807) is 0 Å². The molecule has 0 fully saturated rings. The molecular formula is C46H28N2S. The van der Waals surface area contributed by atoms with E-state index in [-0.39, 0.29) is 0 Å². The molecule has 0 radical (unpaired) electrons.